The molecule has 0 bridgehead atoms. The standard InChI is InChI=1S/C19H29N3O2.HI/c1-19(10-5-11-24-19)14-22-18(20-2)21-12-16-6-3-4-7-17(16)23-13-15-8-9-15;/h3-4,6-7,15H,5,8-14H2,1-2H3,(H2,20,21,22);1H. The van der Waals surface area contributed by atoms with Crippen LogP contribution in [0.4, 0.5) is 0 Å². The molecule has 1 saturated carbocycles. The fraction of sp³-hybridized carbons (Fsp3) is 0.632. The number of para-hydroxylation sites is 1. The Hall–Kier alpha value is -1.02. The van der Waals surface area contributed by atoms with Gasteiger partial charge in [-0.25, -0.2) is 0 Å². The molecular weight excluding hydrogens is 429 g/mol. The molecule has 0 radical (unpaired) electrons. The molecule has 0 amide bonds. The van der Waals surface area contributed by atoms with Crippen LogP contribution in [0.3, 0.4) is 0 Å². The zero-order valence-electron chi connectivity index (χ0n) is 15.2. The summed E-state index contributed by atoms with van der Waals surface area (Å²) in [5.41, 5.74) is 1.08. The van der Waals surface area contributed by atoms with E-state index in [-0.39, 0.29) is 29.6 Å². The molecule has 25 heavy (non-hydrogen) atoms. The number of hydrogen-bond acceptors (Lipinski definition) is 3. The van der Waals surface area contributed by atoms with Gasteiger partial charge in [0.1, 0.15) is 5.75 Å². The van der Waals surface area contributed by atoms with E-state index in [4.69, 9.17) is 9.47 Å². The van der Waals surface area contributed by atoms with Gasteiger partial charge in [0.25, 0.3) is 0 Å². The van der Waals surface area contributed by atoms with E-state index in [0.29, 0.717) is 6.54 Å². The van der Waals surface area contributed by atoms with Crippen molar-refractivity contribution in [2.75, 3.05) is 26.8 Å². The summed E-state index contributed by atoms with van der Waals surface area (Å²) < 4.78 is 11.8. The average molecular weight is 459 g/mol. The third-order valence-corrected chi connectivity index (χ3v) is 4.74. The van der Waals surface area contributed by atoms with Crippen molar-refractivity contribution in [3.63, 3.8) is 0 Å². The molecule has 3 rings (SSSR count). The molecule has 2 aliphatic rings. The van der Waals surface area contributed by atoms with Gasteiger partial charge in [-0.3, -0.25) is 4.99 Å². The lowest BCUT2D eigenvalue weighted by molar-refractivity contribution is 0.0243. The van der Waals surface area contributed by atoms with Gasteiger partial charge >= 0.3 is 0 Å². The topological polar surface area (TPSA) is 54.9 Å². The van der Waals surface area contributed by atoms with E-state index < -0.39 is 0 Å². The van der Waals surface area contributed by atoms with Crippen molar-refractivity contribution in [3.05, 3.63) is 29.8 Å². The molecule has 1 aliphatic heterocycles. The van der Waals surface area contributed by atoms with E-state index in [1.54, 1.807) is 7.05 Å². The first-order valence-corrected chi connectivity index (χ1v) is 8.98. The molecule has 2 fully saturated rings. The van der Waals surface area contributed by atoms with Gasteiger partial charge in [0, 0.05) is 32.3 Å². The highest BCUT2D eigenvalue weighted by molar-refractivity contribution is 14.0. The van der Waals surface area contributed by atoms with Gasteiger partial charge in [-0.2, -0.15) is 0 Å². The first-order valence-electron chi connectivity index (χ1n) is 8.98. The zero-order chi connectivity index (χ0) is 16.8. The molecule has 1 aromatic rings. The normalized spacial score (nSPS) is 23.0. The predicted molar refractivity (Wildman–Crippen MR) is 112 cm³/mol. The van der Waals surface area contributed by atoms with Crippen LogP contribution in [-0.2, 0) is 11.3 Å². The molecule has 1 aliphatic carbocycles. The number of nitrogens with one attached hydrogen (secondary N) is 2. The average Bonchev–Trinajstić information content (AvgIpc) is 3.34. The minimum atomic E-state index is -0.0805. The summed E-state index contributed by atoms with van der Waals surface area (Å²) in [7, 11) is 1.79. The molecule has 0 aromatic heterocycles. The third-order valence-electron chi connectivity index (χ3n) is 4.74. The largest absolute Gasteiger partial charge is 0.493 e. The van der Waals surface area contributed by atoms with Gasteiger partial charge in [-0.15, -0.1) is 24.0 Å². The molecule has 0 spiro atoms. The van der Waals surface area contributed by atoms with Crippen molar-refractivity contribution < 1.29 is 9.47 Å². The van der Waals surface area contributed by atoms with Crippen LogP contribution < -0.4 is 15.4 Å². The maximum atomic E-state index is 5.96. The number of aliphatic imine (C=N–C) groups is 1. The van der Waals surface area contributed by atoms with Crippen LogP contribution in [0.15, 0.2) is 29.3 Å². The van der Waals surface area contributed by atoms with E-state index in [0.717, 1.165) is 55.8 Å². The van der Waals surface area contributed by atoms with E-state index in [1.165, 1.54) is 12.8 Å². The Morgan fingerprint density at radius 1 is 1.32 bits per heavy atom. The van der Waals surface area contributed by atoms with E-state index in [2.05, 4.69) is 28.6 Å². The Kier molecular flexibility index (Phi) is 7.81. The van der Waals surface area contributed by atoms with E-state index >= 15 is 0 Å². The van der Waals surface area contributed by atoms with Gasteiger partial charge in [0.05, 0.1) is 12.2 Å². The first kappa shape index (κ1) is 20.3. The number of halogens is 1. The summed E-state index contributed by atoms with van der Waals surface area (Å²) in [4.78, 5) is 4.31. The van der Waals surface area contributed by atoms with Gasteiger partial charge < -0.3 is 20.1 Å². The zero-order valence-corrected chi connectivity index (χ0v) is 17.5. The number of ether oxygens (including phenoxy) is 2. The third kappa shape index (κ3) is 6.33. The predicted octanol–water partition coefficient (Wildman–Crippen LogP) is 3.33. The fourth-order valence-corrected chi connectivity index (χ4v) is 2.93. The molecule has 1 heterocycles. The SMILES string of the molecule is CN=C(NCc1ccccc1OCC1CC1)NCC1(C)CCCO1.I. The van der Waals surface area contributed by atoms with Crippen molar-refractivity contribution in [3.8, 4) is 5.75 Å². The fourth-order valence-electron chi connectivity index (χ4n) is 2.93. The molecule has 1 saturated heterocycles. The quantitative estimate of drug-likeness (QED) is 0.373. The van der Waals surface area contributed by atoms with E-state index in [1.807, 2.05) is 18.2 Å². The Bertz CT molecular complexity index is 570. The van der Waals surface area contributed by atoms with Crippen molar-refractivity contribution >= 4 is 29.9 Å². The molecule has 1 atom stereocenters. The highest BCUT2D eigenvalue weighted by atomic mass is 127. The van der Waals surface area contributed by atoms with Crippen molar-refractivity contribution in [1.29, 1.82) is 0 Å². The molecular formula is C19H30IN3O2. The Labute approximate surface area is 168 Å². The lowest BCUT2D eigenvalue weighted by Crippen LogP contribution is -2.45. The van der Waals surface area contributed by atoms with Crippen molar-refractivity contribution in [1.82, 2.24) is 10.6 Å². The van der Waals surface area contributed by atoms with E-state index in [9.17, 15) is 0 Å². The number of nitrogens with zero attached hydrogens (tertiary/aromatic N) is 1. The molecule has 1 aromatic carbocycles. The highest BCUT2D eigenvalue weighted by Crippen LogP contribution is 2.30. The van der Waals surface area contributed by atoms with Crippen LogP contribution in [0, 0.1) is 5.92 Å². The monoisotopic (exact) mass is 459 g/mol. The van der Waals surface area contributed by atoms with Crippen LogP contribution in [0.1, 0.15) is 38.2 Å². The number of rotatable bonds is 7. The molecule has 5 nitrogen and oxygen atoms in total. The number of guanidine groups is 1. The smallest absolute Gasteiger partial charge is 0.191 e. The van der Waals surface area contributed by atoms with Crippen LogP contribution in [0.25, 0.3) is 0 Å². The Morgan fingerprint density at radius 3 is 2.80 bits per heavy atom. The second-order valence-corrected chi connectivity index (χ2v) is 7.04. The summed E-state index contributed by atoms with van der Waals surface area (Å²) in [5, 5.41) is 6.75. The van der Waals surface area contributed by atoms with Crippen LogP contribution in [-0.4, -0.2) is 38.4 Å². The first-order chi connectivity index (χ1) is 11.7. The molecule has 140 valence electrons. The summed E-state index contributed by atoms with van der Waals surface area (Å²) in [6.07, 6.45) is 4.83. The lowest BCUT2D eigenvalue weighted by Gasteiger charge is -2.24. The summed E-state index contributed by atoms with van der Waals surface area (Å²) in [6, 6.07) is 8.22. The van der Waals surface area contributed by atoms with Gasteiger partial charge in [0.15, 0.2) is 5.96 Å². The van der Waals surface area contributed by atoms with Gasteiger partial charge in [-0.1, -0.05) is 18.2 Å². The second-order valence-electron chi connectivity index (χ2n) is 7.04. The summed E-state index contributed by atoms with van der Waals surface area (Å²) in [5.74, 6) is 2.52. The molecule has 1 unspecified atom stereocenters. The Morgan fingerprint density at radius 2 is 2.12 bits per heavy atom. The minimum absolute atomic E-state index is 0. The highest BCUT2D eigenvalue weighted by Gasteiger charge is 2.29. The number of benzene rings is 1. The second kappa shape index (κ2) is 9.62. The maximum Gasteiger partial charge on any atom is 0.191 e. The summed E-state index contributed by atoms with van der Waals surface area (Å²) >= 11 is 0. The van der Waals surface area contributed by atoms with Crippen molar-refractivity contribution in [2.45, 2.75) is 44.8 Å². The maximum absolute atomic E-state index is 5.96. The molecule has 6 heteroatoms. The lowest BCUT2D eigenvalue weighted by atomic mass is 10.0. The van der Waals surface area contributed by atoms with Crippen LogP contribution >= 0.6 is 24.0 Å². The van der Waals surface area contributed by atoms with Crippen LogP contribution in [0.5, 0.6) is 5.75 Å². The number of hydrogen-bond donors (Lipinski definition) is 2. The van der Waals surface area contributed by atoms with Gasteiger partial charge in [0.2, 0.25) is 0 Å². The summed E-state index contributed by atoms with van der Waals surface area (Å²) in [6.45, 7) is 5.31. The Balaban J connectivity index is 0.00000225. The van der Waals surface area contributed by atoms with Gasteiger partial charge in [-0.05, 0) is 44.6 Å². The van der Waals surface area contributed by atoms with Crippen LogP contribution in [0.2, 0.25) is 0 Å². The minimum Gasteiger partial charge on any atom is -0.493 e. The molecule has 2 N–H and O–H groups in total. The van der Waals surface area contributed by atoms with Crippen molar-refractivity contribution in [2.24, 2.45) is 10.9 Å².